The van der Waals surface area contributed by atoms with E-state index in [2.05, 4.69) is 30.5 Å². The van der Waals surface area contributed by atoms with Crippen molar-refractivity contribution in [1.82, 2.24) is 19.7 Å². The summed E-state index contributed by atoms with van der Waals surface area (Å²) in [5.41, 5.74) is -0.823. The molecule has 384 valence electrons. The van der Waals surface area contributed by atoms with Crippen molar-refractivity contribution in [3.8, 4) is 17.2 Å². The maximum Gasteiger partial charge on any atom is 0.586 e. The van der Waals surface area contributed by atoms with Gasteiger partial charge >= 0.3 is 12.5 Å². The van der Waals surface area contributed by atoms with Gasteiger partial charge in [0.05, 0.1) is 66.4 Å². The number of aliphatic hydroxyl groups is 3. The topological polar surface area (TPSA) is 191 Å². The van der Waals surface area contributed by atoms with E-state index in [4.69, 9.17) is 9.47 Å². The van der Waals surface area contributed by atoms with Crippen LogP contribution in [0.2, 0.25) is 0 Å². The van der Waals surface area contributed by atoms with Gasteiger partial charge in [0, 0.05) is 66.3 Å². The van der Waals surface area contributed by atoms with Gasteiger partial charge in [0.2, 0.25) is 5.91 Å². The van der Waals surface area contributed by atoms with E-state index in [0.717, 1.165) is 6.07 Å². The number of amides is 2. The van der Waals surface area contributed by atoms with Crippen molar-refractivity contribution in [2.24, 2.45) is 0 Å². The normalized spacial score (nSPS) is 15.2. The number of aliphatic hydroxyl groups excluding tert-OH is 3. The molecule has 1 atom stereocenters. The molecule has 72 heavy (non-hydrogen) atoms. The maximum absolute atomic E-state index is 15.9. The van der Waals surface area contributed by atoms with Crippen LogP contribution in [0.4, 0.5) is 42.1 Å². The number of carbonyl (C=O) groups excluding carboxylic acids is 2. The highest BCUT2D eigenvalue weighted by molar-refractivity contribution is 6.04. The molecule has 6 N–H and O–H groups in total. The number of anilines is 2. The Morgan fingerprint density at radius 3 is 2.44 bits per heavy atom. The van der Waals surface area contributed by atoms with Gasteiger partial charge in [-0.25, -0.2) is 8.78 Å². The molecule has 2 aliphatic rings. The fourth-order valence-corrected chi connectivity index (χ4v) is 8.38. The number of aryl methyl sites for hydroxylation is 1. The standard InChI is InChI=1S/C50H51F7N6O9/c1-47(2,28-65)44-19-30-18-39(61-46(68)48(10-11-48)33-5-8-42-43(20-33)72-50(56,57)71-42)38(52)21-40(30)63(44)25-35(66)27-69-15-3-13-62-24-32(23-59-62)45(67)60-34-6-9-41(31(17-34)22-58-12-14-64)70-26-29-4-7-37(51)36(16-29)49(53,54)55/h4-9,16-21,23-24,35,58,64-66H,3,10-15,22,25-28H2,1-2H3,(H,60,67)(H,61,68). The van der Waals surface area contributed by atoms with E-state index in [1.165, 1.54) is 54.9 Å². The molecule has 15 nitrogen and oxygen atoms in total. The number of ether oxygens (including phenoxy) is 4. The molecule has 8 rings (SSSR count). The first-order valence-corrected chi connectivity index (χ1v) is 22.9. The second-order valence-corrected chi connectivity index (χ2v) is 18.3. The first kappa shape index (κ1) is 51.6. The van der Waals surface area contributed by atoms with E-state index in [-0.39, 0.29) is 86.7 Å². The lowest BCUT2D eigenvalue weighted by atomic mass is 9.90. The SMILES string of the molecule is CC(C)(CO)c1cc2cc(NC(=O)C3(c4ccc5c(c4)OC(F)(F)O5)CC3)c(F)cc2n1CC(O)COCCCn1cc(C(=O)Nc2ccc(OCc3ccc(F)c(C(F)(F)F)c3)c(CNCCO)c2)cn1. The summed E-state index contributed by atoms with van der Waals surface area (Å²) in [5, 5.41) is 43.9. The van der Waals surface area contributed by atoms with E-state index in [1.807, 2.05) is 0 Å². The van der Waals surface area contributed by atoms with Gasteiger partial charge in [-0.1, -0.05) is 26.0 Å². The average Bonchev–Trinajstić information content (AvgIpc) is 3.71. The molecule has 4 aromatic carbocycles. The third-order valence-corrected chi connectivity index (χ3v) is 12.4. The lowest BCUT2D eigenvalue weighted by molar-refractivity contribution is -0.286. The van der Waals surface area contributed by atoms with Crippen LogP contribution in [-0.4, -0.2) is 86.9 Å². The third kappa shape index (κ3) is 11.6. The predicted octanol–water partition coefficient (Wildman–Crippen LogP) is 7.78. The molecule has 1 saturated carbocycles. The zero-order valence-electron chi connectivity index (χ0n) is 38.9. The van der Waals surface area contributed by atoms with Gasteiger partial charge in [0.15, 0.2) is 11.5 Å². The predicted molar refractivity (Wildman–Crippen MR) is 247 cm³/mol. The van der Waals surface area contributed by atoms with E-state index in [9.17, 15) is 51.3 Å². The smallest absolute Gasteiger partial charge is 0.489 e. The van der Waals surface area contributed by atoms with Gasteiger partial charge in [0.25, 0.3) is 5.91 Å². The molecule has 1 aliphatic heterocycles. The van der Waals surface area contributed by atoms with Gasteiger partial charge in [-0.15, -0.1) is 8.78 Å². The Morgan fingerprint density at radius 2 is 1.71 bits per heavy atom. The van der Waals surface area contributed by atoms with Gasteiger partial charge in [-0.05, 0) is 85.0 Å². The van der Waals surface area contributed by atoms with Crippen LogP contribution in [0.1, 0.15) is 71.4 Å². The van der Waals surface area contributed by atoms with Gasteiger partial charge in [-0.3, -0.25) is 14.3 Å². The number of carbonyl (C=O) groups is 2. The Hall–Kier alpha value is -6.72. The minimum absolute atomic E-state index is 0.0319. The number of alkyl halides is 5. The van der Waals surface area contributed by atoms with Crippen LogP contribution < -0.4 is 30.2 Å². The number of hydrogen-bond donors (Lipinski definition) is 6. The van der Waals surface area contributed by atoms with Crippen LogP contribution in [0.25, 0.3) is 10.9 Å². The molecule has 2 amide bonds. The number of halogens is 7. The summed E-state index contributed by atoms with van der Waals surface area (Å²) in [4.78, 5) is 26.9. The Balaban J connectivity index is 0.839. The fourth-order valence-electron chi connectivity index (χ4n) is 8.38. The average molecular weight is 1010 g/mol. The summed E-state index contributed by atoms with van der Waals surface area (Å²) in [5.74, 6) is -3.25. The van der Waals surface area contributed by atoms with Crippen molar-refractivity contribution in [1.29, 1.82) is 0 Å². The van der Waals surface area contributed by atoms with E-state index in [1.54, 1.807) is 41.3 Å². The summed E-state index contributed by atoms with van der Waals surface area (Å²) < 4.78 is 121. The molecular weight excluding hydrogens is 962 g/mol. The molecule has 6 aromatic rings. The Bertz CT molecular complexity index is 2960. The van der Waals surface area contributed by atoms with Crippen molar-refractivity contribution in [3.63, 3.8) is 0 Å². The number of hydrogen-bond acceptors (Lipinski definition) is 11. The van der Waals surface area contributed by atoms with Crippen LogP contribution >= 0.6 is 0 Å². The zero-order valence-corrected chi connectivity index (χ0v) is 38.9. The Kier molecular flexibility index (Phi) is 14.9. The molecule has 0 radical (unpaired) electrons. The van der Waals surface area contributed by atoms with Crippen LogP contribution in [0.15, 0.2) is 85.2 Å². The summed E-state index contributed by atoms with van der Waals surface area (Å²) in [7, 11) is 0. The van der Waals surface area contributed by atoms with Crippen molar-refractivity contribution >= 4 is 34.1 Å². The highest BCUT2D eigenvalue weighted by atomic mass is 19.4. The van der Waals surface area contributed by atoms with Gasteiger partial charge in [-0.2, -0.15) is 18.3 Å². The van der Waals surface area contributed by atoms with Crippen molar-refractivity contribution < 1.29 is 74.6 Å². The molecule has 3 heterocycles. The molecule has 1 fully saturated rings. The summed E-state index contributed by atoms with van der Waals surface area (Å²) in [6, 6.07) is 15.9. The maximum atomic E-state index is 15.9. The van der Waals surface area contributed by atoms with Crippen molar-refractivity contribution in [3.05, 3.63) is 130 Å². The Labute approximate surface area is 407 Å². The fraction of sp³-hybridized carbons (Fsp3) is 0.380. The van der Waals surface area contributed by atoms with E-state index >= 15 is 4.39 Å². The van der Waals surface area contributed by atoms with E-state index < -0.39 is 58.4 Å². The second-order valence-electron chi connectivity index (χ2n) is 18.3. The molecule has 0 bridgehead atoms. The minimum atomic E-state index is -4.88. The van der Waals surface area contributed by atoms with Crippen molar-refractivity contribution in [2.75, 3.05) is 43.6 Å². The van der Waals surface area contributed by atoms with Gasteiger partial charge in [0.1, 0.15) is 24.0 Å². The molecule has 0 saturated heterocycles. The lowest BCUT2D eigenvalue weighted by Crippen LogP contribution is -2.30. The largest absolute Gasteiger partial charge is 0.586 e. The quantitative estimate of drug-likeness (QED) is 0.0288. The molecular formula is C50H51F7N6O9. The second kappa shape index (κ2) is 20.8. The first-order valence-electron chi connectivity index (χ1n) is 22.9. The third-order valence-electron chi connectivity index (χ3n) is 12.4. The summed E-state index contributed by atoms with van der Waals surface area (Å²) >= 11 is 0. The number of fused-ring (bicyclic) bond motifs is 2. The van der Waals surface area contributed by atoms with Crippen molar-refractivity contribution in [2.45, 2.75) is 88.8 Å². The highest BCUT2D eigenvalue weighted by Gasteiger charge is 2.53. The molecule has 2 aromatic heterocycles. The molecule has 22 heteroatoms. The Morgan fingerprint density at radius 1 is 0.931 bits per heavy atom. The molecule has 1 unspecified atom stereocenters. The first-order chi connectivity index (χ1) is 34.2. The molecule has 1 aliphatic carbocycles. The summed E-state index contributed by atoms with van der Waals surface area (Å²) in [6.07, 6.45) is -5.62. The highest BCUT2D eigenvalue weighted by Crippen LogP contribution is 2.52. The number of benzene rings is 4. The number of rotatable bonds is 22. The number of aromatic nitrogens is 3. The summed E-state index contributed by atoms with van der Waals surface area (Å²) in [6.45, 7) is 3.65. The zero-order chi connectivity index (χ0) is 51.6. The number of nitrogens with zero attached hydrogens (tertiary/aromatic N) is 3. The van der Waals surface area contributed by atoms with Gasteiger partial charge < -0.3 is 54.8 Å². The minimum Gasteiger partial charge on any atom is -0.489 e. The molecule has 0 spiro atoms. The van der Waals surface area contributed by atoms with E-state index in [0.29, 0.717) is 65.3 Å². The lowest BCUT2D eigenvalue weighted by Gasteiger charge is -2.26. The van der Waals surface area contributed by atoms with Crippen LogP contribution in [-0.2, 0) is 52.8 Å². The van der Waals surface area contributed by atoms with Crippen LogP contribution in [0.5, 0.6) is 17.2 Å². The van der Waals surface area contributed by atoms with Crippen LogP contribution in [0, 0.1) is 11.6 Å². The number of nitrogens with one attached hydrogen (secondary N) is 3. The monoisotopic (exact) mass is 1010 g/mol. The van der Waals surface area contributed by atoms with Crippen LogP contribution in [0.3, 0.4) is 0 Å².